The molecule has 1 N–H and O–H groups in total. The van der Waals surface area contributed by atoms with E-state index >= 15 is 0 Å². The second-order valence-electron chi connectivity index (χ2n) is 2.82. The fourth-order valence-corrected chi connectivity index (χ4v) is 1.65. The molecule has 0 unspecified atom stereocenters. The van der Waals surface area contributed by atoms with Crippen LogP contribution >= 0.6 is 23.4 Å². The van der Waals surface area contributed by atoms with Crippen LogP contribution in [0, 0.1) is 0 Å². The molecule has 0 spiro atoms. The first-order valence-corrected chi connectivity index (χ1v) is 6.25. The number of hydrogen-bond donors (Lipinski definition) is 1. The van der Waals surface area contributed by atoms with Crippen LogP contribution in [0.15, 0.2) is 6.33 Å². The zero-order valence-corrected chi connectivity index (χ0v) is 9.94. The van der Waals surface area contributed by atoms with E-state index in [0.29, 0.717) is 17.7 Å². The first-order chi connectivity index (χ1) is 7.29. The summed E-state index contributed by atoms with van der Waals surface area (Å²) in [4.78, 5) is 18.4. The number of halogens is 1. The van der Waals surface area contributed by atoms with Crippen molar-refractivity contribution in [1.29, 1.82) is 0 Å². The Morgan fingerprint density at radius 3 is 3.07 bits per heavy atom. The molecule has 0 radical (unpaired) electrons. The number of nitrogens with zero attached hydrogens (tertiary/aromatic N) is 2. The third-order valence-electron chi connectivity index (χ3n) is 1.77. The van der Waals surface area contributed by atoms with Gasteiger partial charge in [-0.2, -0.15) is 11.8 Å². The topological polar surface area (TPSA) is 54.9 Å². The minimum Gasteiger partial charge on any atom is -0.369 e. The zero-order chi connectivity index (χ0) is 11.1. The predicted octanol–water partition coefficient (Wildman–Crippen LogP) is 2.11. The first kappa shape index (κ1) is 12.3. The van der Waals surface area contributed by atoms with Gasteiger partial charge in [-0.15, -0.1) is 0 Å². The average Bonchev–Trinajstić information content (AvgIpc) is 2.24. The van der Waals surface area contributed by atoms with E-state index in [1.807, 2.05) is 0 Å². The van der Waals surface area contributed by atoms with Crippen molar-refractivity contribution >= 4 is 35.5 Å². The maximum absolute atomic E-state index is 10.7. The van der Waals surface area contributed by atoms with E-state index in [4.69, 9.17) is 11.6 Å². The second kappa shape index (κ2) is 6.63. The lowest BCUT2D eigenvalue weighted by Crippen LogP contribution is -2.07. The van der Waals surface area contributed by atoms with Gasteiger partial charge in [0.25, 0.3) is 0 Å². The van der Waals surface area contributed by atoms with Crippen molar-refractivity contribution < 1.29 is 4.79 Å². The normalized spacial score (nSPS) is 10.0. The lowest BCUT2D eigenvalue weighted by atomic mass is 10.3. The average molecular weight is 246 g/mol. The van der Waals surface area contributed by atoms with Crippen molar-refractivity contribution in [2.75, 3.05) is 23.9 Å². The fraction of sp³-hybridized carbons (Fsp3) is 0.444. The van der Waals surface area contributed by atoms with Crippen LogP contribution in [-0.2, 0) is 0 Å². The molecule has 0 aliphatic heterocycles. The summed E-state index contributed by atoms with van der Waals surface area (Å²) in [6.45, 7) is 0.773. The van der Waals surface area contributed by atoms with Gasteiger partial charge in [0.05, 0.1) is 5.56 Å². The highest BCUT2D eigenvalue weighted by Crippen LogP contribution is 2.16. The lowest BCUT2D eigenvalue weighted by molar-refractivity contribution is 0.112. The SMILES string of the molecule is CSCCCNc1ncnc(Cl)c1C=O. The van der Waals surface area contributed by atoms with Gasteiger partial charge in [0.1, 0.15) is 17.3 Å². The molecule has 0 aliphatic rings. The number of rotatable bonds is 6. The Labute approximate surface area is 97.8 Å². The quantitative estimate of drug-likeness (QED) is 0.473. The van der Waals surface area contributed by atoms with Gasteiger partial charge in [-0.25, -0.2) is 9.97 Å². The molecule has 0 bridgehead atoms. The summed E-state index contributed by atoms with van der Waals surface area (Å²) < 4.78 is 0. The third kappa shape index (κ3) is 3.68. The van der Waals surface area contributed by atoms with Crippen LogP contribution in [0.1, 0.15) is 16.8 Å². The highest BCUT2D eigenvalue weighted by Gasteiger charge is 2.07. The van der Waals surface area contributed by atoms with E-state index in [1.54, 1.807) is 11.8 Å². The van der Waals surface area contributed by atoms with E-state index < -0.39 is 0 Å². The Morgan fingerprint density at radius 2 is 2.40 bits per heavy atom. The summed E-state index contributed by atoms with van der Waals surface area (Å²) in [7, 11) is 0. The van der Waals surface area contributed by atoms with Crippen molar-refractivity contribution in [2.24, 2.45) is 0 Å². The summed E-state index contributed by atoms with van der Waals surface area (Å²) in [6.07, 6.45) is 5.07. The molecule has 0 amide bonds. The van der Waals surface area contributed by atoms with Crippen molar-refractivity contribution in [3.63, 3.8) is 0 Å². The van der Waals surface area contributed by atoms with Crippen LogP contribution in [-0.4, -0.2) is 34.8 Å². The minimum absolute atomic E-state index is 0.187. The fourth-order valence-electron chi connectivity index (χ4n) is 1.04. The molecular weight excluding hydrogens is 234 g/mol. The zero-order valence-electron chi connectivity index (χ0n) is 8.36. The molecule has 4 nitrogen and oxygen atoms in total. The van der Waals surface area contributed by atoms with E-state index in [9.17, 15) is 4.79 Å². The molecule has 1 aromatic rings. The number of aldehydes is 1. The summed E-state index contributed by atoms with van der Waals surface area (Å²) in [5.74, 6) is 1.58. The molecular formula is C9H12ClN3OS. The molecule has 0 saturated heterocycles. The summed E-state index contributed by atoms with van der Waals surface area (Å²) in [6, 6.07) is 0. The maximum Gasteiger partial charge on any atom is 0.156 e. The number of thioether (sulfide) groups is 1. The summed E-state index contributed by atoms with van der Waals surface area (Å²) in [5.41, 5.74) is 0.323. The van der Waals surface area contributed by atoms with Gasteiger partial charge in [0.15, 0.2) is 6.29 Å². The third-order valence-corrected chi connectivity index (χ3v) is 2.77. The molecule has 1 rings (SSSR count). The van der Waals surface area contributed by atoms with Gasteiger partial charge >= 0.3 is 0 Å². The molecule has 82 valence electrons. The van der Waals surface area contributed by atoms with E-state index in [-0.39, 0.29) is 5.15 Å². The maximum atomic E-state index is 10.7. The number of hydrogen-bond acceptors (Lipinski definition) is 5. The molecule has 15 heavy (non-hydrogen) atoms. The molecule has 6 heteroatoms. The second-order valence-corrected chi connectivity index (χ2v) is 4.16. The van der Waals surface area contributed by atoms with E-state index in [0.717, 1.165) is 18.7 Å². The number of anilines is 1. The summed E-state index contributed by atoms with van der Waals surface area (Å²) >= 11 is 7.52. The molecule has 1 heterocycles. The van der Waals surface area contributed by atoms with Crippen molar-refractivity contribution in [2.45, 2.75) is 6.42 Å². The number of carbonyl (C=O) groups is 1. The van der Waals surface area contributed by atoms with Crippen molar-refractivity contribution in [1.82, 2.24) is 9.97 Å². The number of carbonyl (C=O) groups excluding carboxylic acids is 1. The van der Waals surface area contributed by atoms with Crippen LogP contribution < -0.4 is 5.32 Å². The highest BCUT2D eigenvalue weighted by molar-refractivity contribution is 7.98. The Kier molecular flexibility index (Phi) is 5.42. The molecule has 0 saturated carbocycles. The molecule has 0 aliphatic carbocycles. The molecule has 0 fully saturated rings. The monoisotopic (exact) mass is 245 g/mol. The lowest BCUT2D eigenvalue weighted by Gasteiger charge is -2.07. The standard InChI is InChI=1S/C9H12ClN3OS/c1-15-4-2-3-11-9-7(5-14)8(10)12-6-13-9/h5-6H,2-4H2,1H3,(H,11,12,13). The summed E-state index contributed by atoms with van der Waals surface area (Å²) in [5, 5.41) is 3.25. The van der Waals surface area contributed by atoms with Crippen LogP contribution in [0.25, 0.3) is 0 Å². The van der Waals surface area contributed by atoms with Gasteiger partial charge in [0.2, 0.25) is 0 Å². The molecule has 0 aromatic carbocycles. The van der Waals surface area contributed by atoms with Gasteiger partial charge in [0, 0.05) is 6.54 Å². The number of nitrogens with one attached hydrogen (secondary N) is 1. The molecule has 1 aromatic heterocycles. The highest BCUT2D eigenvalue weighted by atomic mass is 35.5. The van der Waals surface area contributed by atoms with Crippen LogP contribution in [0.2, 0.25) is 5.15 Å². The minimum atomic E-state index is 0.187. The van der Waals surface area contributed by atoms with Crippen LogP contribution in [0.3, 0.4) is 0 Å². The Balaban J connectivity index is 2.60. The Bertz CT molecular complexity index is 335. The Morgan fingerprint density at radius 1 is 1.60 bits per heavy atom. The van der Waals surface area contributed by atoms with Crippen molar-refractivity contribution in [3.8, 4) is 0 Å². The first-order valence-electron chi connectivity index (χ1n) is 4.48. The van der Waals surface area contributed by atoms with E-state index in [1.165, 1.54) is 6.33 Å². The van der Waals surface area contributed by atoms with Gasteiger partial charge < -0.3 is 5.32 Å². The molecule has 0 atom stereocenters. The van der Waals surface area contributed by atoms with Crippen LogP contribution in [0.5, 0.6) is 0 Å². The predicted molar refractivity (Wildman–Crippen MR) is 63.9 cm³/mol. The smallest absolute Gasteiger partial charge is 0.156 e. The van der Waals surface area contributed by atoms with E-state index in [2.05, 4.69) is 21.5 Å². The van der Waals surface area contributed by atoms with Gasteiger partial charge in [-0.1, -0.05) is 11.6 Å². The Hall–Kier alpha value is -0.810. The van der Waals surface area contributed by atoms with Crippen molar-refractivity contribution in [3.05, 3.63) is 17.0 Å². The largest absolute Gasteiger partial charge is 0.369 e. The van der Waals surface area contributed by atoms with Gasteiger partial charge in [-0.05, 0) is 18.4 Å². The van der Waals surface area contributed by atoms with Gasteiger partial charge in [-0.3, -0.25) is 4.79 Å². The number of aromatic nitrogens is 2. The van der Waals surface area contributed by atoms with Crippen LogP contribution in [0.4, 0.5) is 5.82 Å².